The van der Waals surface area contributed by atoms with Crippen LogP contribution in [-0.2, 0) is 4.79 Å². The Hall–Kier alpha value is -2.75. The molecule has 0 bridgehead atoms. The van der Waals surface area contributed by atoms with E-state index in [-0.39, 0.29) is 18.1 Å². The smallest absolute Gasteiger partial charge is 0.276 e. The van der Waals surface area contributed by atoms with Gasteiger partial charge in [0.1, 0.15) is 17.8 Å². The topological polar surface area (TPSA) is 114 Å². The van der Waals surface area contributed by atoms with Crippen LogP contribution in [-0.4, -0.2) is 22.5 Å². The maximum atomic E-state index is 12.0. The molecule has 1 heterocycles. The summed E-state index contributed by atoms with van der Waals surface area (Å²) in [5.41, 5.74) is 12.2. The van der Waals surface area contributed by atoms with Gasteiger partial charge in [-0.2, -0.15) is 0 Å². The van der Waals surface area contributed by atoms with Crippen molar-refractivity contribution in [2.45, 2.75) is 0 Å². The number of anilines is 4. The number of nitrogens with one attached hydrogen (secondary N) is 3. The third-order valence-electron chi connectivity index (χ3n) is 3.54. The van der Waals surface area contributed by atoms with Crippen LogP contribution >= 0.6 is 39.1 Å². The van der Waals surface area contributed by atoms with Crippen molar-refractivity contribution < 1.29 is 9.53 Å². The molecule has 0 atom stereocenters. The van der Waals surface area contributed by atoms with Crippen LogP contribution in [0.1, 0.15) is 0 Å². The predicted molar refractivity (Wildman–Crippen MR) is 118 cm³/mol. The molecule has 0 saturated carbocycles. The van der Waals surface area contributed by atoms with Gasteiger partial charge in [0.15, 0.2) is 18.2 Å². The fourth-order valence-corrected chi connectivity index (χ4v) is 3.06. The maximum absolute atomic E-state index is 12.0. The maximum Gasteiger partial charge on any atom is 0.276 e. The molecule has 0 aliphatic rings. The average molecular weight is 498 g/mol. The van der Waals surface area contributed by atoms with Gasteiger partial charge >= 0.3 is 0 Å². The van der Waals surface area contributed by atoms with Gasteiger partial charge in [-0.25, -0.2) is 9.97 Å². The van der Waals surface area contributed by atoms with Gasteiger partial charge in [-0.15, -0.1) is 0 Å². The van der Waals surface area contributed by atoms with Crippen LogP contribution in [0.25, 0.3) is 0 Å². The number of hydrogen-bond donors (Lipinski definition) is 4. The largest absolute Gasteiger partial charge is 0.482 e. The summed E-state index contributed by atoms with van der Waals surface area (Å²) in [5, 5.41) is 3.87. The van der Waals surface area contributed by atoms with E-state index in [1.54, 1.807) is 12.1 Å². The van der Waals surface area contributed by atoms with E-state index in [1.807, 2.05) is 24.3 Å². The molecule has 0 aliphatic heterocycles. The van der Waals surface area contributed by atoms with Gasteiger partial charge in [-0.1, -0.05) is 45.2 Å². The zero-order chi connectivity index (χ0) is 20.8. The van der Waals surface area contributed by atoms with E-state index in [0.717, 1.165) is 10.2 Å². The number of ether oxygens (including phenoxy) is 1. The van der Waals surface area contributed by atoms with Crippen LogP contribution in [0.5, 0.6) is 5.75 Å². The molecular weight excluding hydrogens is 483 g/mol. The number of halogens is 3. The van der Waals surface area contributed by atoms with Crippen molar-refractivity contribution in [2.75, 3.05) is 23.1 Å². The number of aromatic nitrogens is 2. The Balaban J connectivity index is 1.58. The van der Waals surface area contributed by atoms with Gasteiger partial charge < -0.3 is 15.8 Å². The first-order valence-electron chi connectivity index (χ1n) is 8.18. The molecule has 0 radical (unpaired) electrons. The molecule has 8 nitrogen and oxygen atoms in total. The first-order chi connectivity index (χ1) is 13.9. The minimum Gasteiger partial charge on any atom is -0.482 e. The number of benzene rings is 2. The molecule has 0 unspecified atom stereocenters. The van der Waals surface area contributed by atoms with Crippen LogP contribution < -0.4 is 26.6 Å². The van der Waals surface area contributed by atoms with Crippen LogP contribution in [0.4, 0.5) is 23.0 Å². The quantitative estimate of drug-likeness (QED) is 0.358. The van der Waals surface area contributed by atoms with Crippen molar-refractivity contribution >= 4 is 68.0 Å². The van der Waals surface area contributed by atoms with Crippen molar-refractivity contribution in [1.82, 2.24) is 15.4 Å². The second-order valence-electron chi connectivity index (χ2n) is 5.66. The monoisotopic (exact) mass is 496 g/mol. The molecule has 11 heteroatoms. The van der Waals surface area contributed by atoms with E-state index in [9.17, 15) is 4.79 Å². The number of hydrazine groups is 1. The van der Waals surface area contributed by atoms with Gasteiger partial charge in [0.25, 0.3) is 5.91 Å². The zero-order valence-corrected chi connectivity index (χ0v) is 17.8. The van der Waals surface area contributed by atoms with Crippen LogP contribution in [0.2, 0.25) is 10.0 Å². The summed E-state index contributed by atoms with van der Waals surface area (Å²) in [6.07, 6.45) is 1.31. The minimum absolute atomic E-state index is 0.231. The van der Waals surface area contributed by atoms with Gasteiger partial charge in [0.05, 0.1) is 5.02 Å². The SMILES string of the molecule is Nc1c(NNC(=O)COc2ccc(Cl)cc2Cl)ncnc1Nc1cccc(Br)c1. The van der Waals surface area contributed by atoms with Crippen molar-refractivity contribution in [2.24, 2.45) is 0 Å². The molecule has 3 aromatic rings. The van der Waals surface area contributed by atoms with Crippen molar-refractivity contribution in [3.05, 3.63) is 63.3 Å². The van der Waals surface area contributed by atoms with E-state index in [2.05, 4.69) is 42.1 Å². The highest BCUT2D eigenvalue weighted by molar-refractivity contribution is 9.10. The summed E-state index contributed by atoms with van der Waals surface area (Å²) in [7, 11) is 0. The molecule has 5 N–H and O–H groups in total. The summed E-state index contributed by atoms with van der Waals surface area (Å²) in [4.78, 5) is 20.2. The Bertz CT molecular complexity index is 1040. The molecule has 0 fully saturated rings. The summed E-state index contributed by atoms with van der Waals surface area (Å²) >= 11 is 15.2. The second-order valence-corrected chi connectivity index (χ2v) is 7.42. The number of amides is 1. The van der Waals surface area contributed by atoms with Gasteiger partial charge in [-0.05, 0) is 36.4 Å². The first-order valence-corrected chi connectivity index (χ1v) is 9.73. The predicted octanol–water partition coefficient (Wildman–Crippen LogP) is 4.39. The molecular formula is C18H15BrCl2N6O2. The molecule has 29 heavy (non-hydrogen) atoms. The summed E-state index contributed by atoms with van der Waals surface area (Å²) < 4.78 is 6.27. The number of nitrogen functional groups attached to an aromatic ring is 1. The Morgan fingerprint density at radius 2 is 1.93 bits per heavy atom. The van der Waals surface area contributed by atoms with Crippen LogP contribution in [0.15, 0.2) is 53.3 Å². The Kier molecular flexibility index (Phi) is 6.97. The first kappa shape index (κ1) is 21.0. The van der Waals surface area contributed by atoms with E-state index in [1.165, 1.54) is 12.4 Å². The average Bonchev–Trinajstić information content (AvgIpc) is 2.68. The summed E-state index contributed by atoms with van der Waals surface area (Å²) in [6.45, 7) is -0.275. The van der Waals surface area contributed by atoms with Crippen LogP contribution in [0.3, 0.4) is 0 Å². The molecule has 0 aliphatic carbocycles. The van der Waals surface area contributed by atoms with Crippen molar-refractivity contribution in [3.8, 4) is 5.75 Å². The van der Waals surface area contributed by atoms with E-state index < -0.39 is 5.91 Å². The fourth-order valence-electron chi connectivity index (χ4n) is 2.20. The van der Waals surface area contributed by atoms with E-state index in [0.29, 0.717) is 21.6 Å². The van der Waals surface area contributed by atoms with E-state index >= 15 is 0 Å². The minimum atomic E-state index is -0.462. The standard InChI is InChI=1S/C18H15BrCl2N6O2/c19-10-2-1-3-12(6-10)25-17-16(22)18(24-9-23-17)27-26-15(28)8-29-14-5-4-11(20)7-13(14)21/h1-7,9H,8,22H2,(H,26,28)(H2,23,24,25,27). The van der Waals surface area contributed by atoms with Gasteiger partial charge in [0, 0.05) is 15.2 Å². The molecule has 0 saturated heterocycles. The van der Waals surface area contributed by atoms with Gasteiger partial charge in [-0.3, -0.25) is 15.6 Å². The molecule has 2 aromatic carbocycles. The highest BCUT2D eigenvalue weighted by Crippen LogP contribution is 2.28. The molecule has 0 spiro atoms. The lowest BCUT2D eigenvalue weighted by Gasteiger charge is -2.14. The lowest BCUT2D eigenvalue weighted by atomic mass is 10.3. The lowest BCUT2D eigenvalue weighted by molar-refractivity contribution is -0.122. The second kappa shape index (κ2) is 9.64. The summed E-state index contributed by atoms with van der Waals surface area (Å²) in [5.74, 6) is 0.498. The normalized spacial score (nSPS) is 10.3. The third-order valence-corrected chi connectivity index (χ3v) is 4.57. The number of nitrogens with zero attached hydrogens (tertiary/aromatic N) is 2. The number of nitrogens with two attached hydrogens (primary N) is 1. The van der Waals surface area contributed by atoms with E-state index in [4.69, 9.17) is 33.7 Å². The summed E-state index contributed by atoms with van der Waals surface area (Å²) in [6, 6.07) is 12.2. The molecule has 1 amide bonds. The fraction of sp³-hybridized carbons (Fsp3) is 0.0556. The Labute approximate surface area is 184 Å². The highest BCUT2D eigenvalue weighted by Gasteiger charge is 2.11. The van der Waals surface area contributed by atoms with Crippen LogP contribution in [0, 0.1) is 0 Å². The van der Waals surface area contributed by atoms with Crippen molar-refractivity contribution in [1.29, 1.82) is 0 Å². The highest BCUT2D eigenvalue weighted by atomic mass is 79.9. The number of hydrogen-bond acceptors (Lipinski definition) is 7. The lowest BCUT2D eigenvalue weighted by Crippen LogP contribution is -2.34. The van der Waals surface area contributed by atoms with Gasteiger partial charge in [0.2, 0.25) is 0 Å². The molecule has 3 rings (SSSR count). The van der Waals surface area contributed by atoms with Crippen molar-refractivity contribution in [3.63, 3.8) is 0 Å². The Morgan fingerprint density at radius 1 is 1.14 bits per heavy atom. The number of rotatable bonds is 7. The Morgan fingerprint density at radius 3 is 2.69 bits per heavy atom. The zero-order valence-electron chi connectivity index (χ0n) is 14.7. The third kappa shape index (κ3) is 5.86. The molecule has 1 aromatic heterocycles. The number of carbonyl (C=O) groups is 1. The molecule has 150 valence electrons. The number of carbonyl (C=O) groups excluding carboxylic acids is 1.